The van der Waals surface area contributed by atoms with Gasteiger partial charge in [-0.25, -0.2) is 0 Å². The number of benzene rings is 1. The molecule has 6 heteroatoms. The molecule has 1 atom stereocenters. The number of anilines is 1. The van der Waals surface area contributed by atoms with Crippen LogP contribution in [0.3, 0.4) is 0 Å². The Morgan fingerprint density at radius 2 is 2.11 bits per heavy atom. The number of aryl methyl sites for hydroxylation is 1. The molecule has 2 aromatic rings. The maximum absolute atomic E-state index is 11.0. The fourth-order valence-corrected chi connectivity index (χ4v) is 1.98. The van der Waals surface area contributed by atoms with E-state index in [0.29, 0.717) is 5.82 Å². The first-order chi connectivity index (χ1) is 9.11. The van der Waals surface area contributed by atoms with Crippen LogP contribution in [0.4, 0.5) is 11.5 Å². The van der Waals surface area contributed by atoms with Crippen LogP contribution in [0, 0.1) is 10.1 Å². The molecule has 0 bridgehead atoms. The Morgan fingerprint density at radius 3 is 2.68 bits per heavy atom. The van der Waals surface area contributed by atoms with Crippen LogP contribution in [-0.4, -0.2) is 14.7 Å². The molecule has 2 rings (SSSR count). The maximum Gasteiger partial charge on any atom is 0.330 e. The highest BCUT2D eigenvalue weighted by molar-refractivity contribution is 5.55. The van der Waals surface area contributed by atoms with E-state index in [1.54, 1.807) is 7.05 Å². The van der Waals surface area contributed by atoms with Gasteiger partial charge in [0.15, 0.2) is 0 Å². The molecule has 0 amide bonds. The highest BCUT2D eigenvalue weighted by atomic mass is 16.6. The van der Waals surface area contributed by atoms with E-state index >= 15 is 0 Å². The molecule has 0 fully saturated rings. The van der Waals surface area contributed by atoms with Crippen molar-refractivity contribution in [2.24, 2.45) is 7.05 Å². The summed E-state index contributed by atoms with van der Waals surface area (Å²) in [7, 11) is 1.67. The lowest BCUT2D eigenvalue weighted by atomic mass is 10.0. The Labute approximate surface area is 111 Å². The van der Waals surface area contributed by atoms with E-state index < -0.39 is 4.92 Å². The van der Waals surface area contributed by atoms with Gasteiger partial charge in [0.25, 0.3) is 0 Å². The van der Waals surface area contributed by atoms with Crippen molar-refractivity contribution in [1.82, 2.24) is 9.78 Å². The van der Waals surface area contributed by atoms with E-state index in [9.17, 15) is 10.1 Å². The highest BCUT2D eigenvalue weighted by Gasteiger charge is 2.21. The van der Waals surface area contributed by atoms with E-state index in [1.165, 1.54) is 10.9 Å². The molecule has 1 heterocycles. The normalized spacial score (nSPS) is 12.1. The minimum Gasteiger partial charge on any atom is -0.356 e. The van der Waals surface area contributed by atoms with E-state index in [0.717, 1.165) is 12.0 Å². The first kappa shape index (κ1) is 13.1. The Kier molecular flexibility index (Phi) is 3.79. The van der Waals surface area contributed by atoms with Gasteiger partial charge in [-0.05, 0) is 12.0 Å². The molecule has 0 radical (unpaired) electrons. The first-order valence-electron chi connectivity index (χ1n) is 6.11. The molecule has 6 nitrogen and oxygen atoms in total. The van der Waals surface area contributed by atoms with Crippen LogP contribution in [-0.2, 0) is 7.05 Å². The van der Waals surface area contributed by atoms with Gasteiger partial charge in [0.1, 0.15) is 6.20 Å². The van der Waals surface area contributed by atoms with Crippen molar-refractivity contribution in [2.45, 2.75) is 19.4 Å². The molecule has 1 N–H and O–H groups in total. The largest absolute Gasteiger partial charge is 0.356 e. The van der Waals surface area contributed by atoms with Crippen molar-refractivity contribution >= 4 is 11.5 Å². The molecule has 1 aromatic carbocycles. The summed E-state index contributed by atoms with van der Waals surface area (Å²) in [5.74, 6) is 0.309. The molecule has 19 heavy (non-hydrogen) atoms. The van der Waals surface area contributed by atoms with E-state index in [4.69, 9.17) is 0 Å². The lowest BCUT2D eigenvalue weighted by Crippen LogP contribution is -2.11. The predicted molar refractivity (Wildman–Crippen MR) is 73.0 cm³/mol. The van der Waals surface area contributed by atoms with Crippen molar-refractivity contribution in [2.75, 3.05) is 5.32 Å². The van der Waals surface area contributed by atoms with E-state index in [1.807, 2.05) is 37.3 Å². The molecule has 100 valence electrons. The summed E-state index contributed by atoms with van der Waals surface area (Å²) >= 11 is 0. The van der Waals surface area contributed by atoms with Crippen molar-refractivity contribution in [3.8, 4) is 0 Å². The molecule has 0 aliphatic heterocycles. The van der Waals surface area contributed by atoms with Crippen LogP contribution < -0.4 is 5.32 Å². The average molecular weight is 260 g/mol. The summed E-state index contributed by atoms with van der Waals surface area (Å²) in [4.78, 5) is 10.5. The number of nitro groups is 1. The third-order valence-corrected chi connectivity index (χ3v) is 2.93. The molecule has 0 spiro atoms. The number of nitrogens with zero attached hydrogens (tertiary/aromatic N) is 3. The number of nitrogens with one attached hydrogen (secondary N) is 1. The summed E-state index contributed by atoms with van der Waals surface area (Å²) in [5.41, 5.74) is 1.09. The Bertz CT molecular complexity index is 565. The van der Waals surface area contributed by atoms with Gasteiger partial charge in [-0.15, -0.1) is 5.10 Å². The SMILES string of the molecule is CCC(Nc1nn(C)cc1[N+](=O)[O-])c1ccccc1. The number of rotatable bonds is 5. The van der Waals surface area contributed by atoms with Gasteiger partial charge in [0.05, 0.1) is 11.0 Å². The van der Waals surface area contributed by atoms with Gasteiger partial charge >= 0.3 is 5.69 Å². The maximum atomic E-state index is 11.0. The smallest absolute Gasteiger partial charge is 0.330 e. The second-order valence-corrected chi connectivity index (χ2v) is 4.31. The summed E-state index contributed by atoms with van der Waals surface area (Å²) in [5, 5.41) is 18.2. The highest BCUT2D eigenvalue weighted by Crippen LogP contribution is 2.27. The van der Waals surface area contributed by atoms with Crippen molar-refractivity contribution in [3.05, 3.63) is 52.2 Å². The van der Waals surface area contributed by atoms with Gasteiger partial charge in [-0.3, -0.25) is 14.8 Å². The number of aromatic nitrogens is 2. The second-order valence-electron chi connectivity index (χ2n) is 4.31. The van der Waals surface area contributed by atoms with Gasteiger partial charge in [-0.1, -0.05) is 37.3 Å². The molecule has 0 saturated heterocycles. The fraction of sp³-hybridized carbons (Fsp3) is 0.308. The zero-order valence-corrected chi connectivity index (χ0v) is 10.9. The molecule has 1 unspecified atom stereocenters. The molecule has 0 aliphatic carbocycles. The van der Waals surface area contributed by atoms with Crippen LogP contribution in [0.25, 0.3) is 0 Å². The lowest BCUT2D eigenvalue weighted by molar-refractivity contribution is -0.384. The fourth-order valence-electron chi connectivity index (χ4n) is 1.98. The molecule has 1 aromatic heterocycles. The summed E-state index contributed by atoms with van der Waals surface area (Å²) in [6.07, 6.45) is 2.22. The summed E-state index contributed by atoms with van der Waals surface area (Å²) < 4.78 is 1.44. The van der Waals surface area contributed by atoms with Crippen LogP contribution >= 0.6 is 0 Å². The Balaban J connectivity index is 2.26. The third-order valence-electron chi connectivity index (χ3n) is 2.93. The monoisotopic (exact) mass is 260 g/mol. The lowest BCUT2D eigenvalue weighted by Gasteiger charge is -2.16. The predicted octanol–water partition coefficient (Wildman–Crippen LogP) is 2.89. The zero-order valence-electron chi connectivity index (χ0n) is 10.9. The van der Waals surface area contributed by atoms with Gasteiger partial charge in [-0.2, -0.15) is 0 Å². The van der Waals surface area contributed by atoms with Gasteiger partial charge in [0.2, 0.25) is 5.82 Å². The number of hydrogen-bond donors (Lipinski definition) is 1. The minimum absolute atomic E-state index is 0.00289. The van der Waals surface area contributed by atoms with Crippen molar-refractivity contribution in [1.29, 1.82) is 0 Å². The second kappa shape index (κ2) is 5.51. The molecular formula is C13H16N4O2. The van der Waals surface area contributed by atoms with Crippen LogP contribution in [0.5, 0.6) is 0 Å². The Hall–Kier alpha value is -2.37. The van der Waals surface area contributed by atoms with Crippen LogP contribution in [0.15, 0.2) is 36.5 Å². The van der Waals surface area contributed by atoms with Crippen LogP contribution in [0.2, 0.25) is 0 Å². The molecular weight excluding hydrogens is 244 g/mol. The van der Waals surface area contributed by atoms with E-state index in [2.05, 4.69) is 10.4 Å². The topological polar surface area (TPSA) is 73.0 Å². The summed E-state index contributed by atoms with van der Waals surface area (Å²) in [6, 6.07) is 9.85. The van der Waals surface area contributed by atoms with E-state index in [-0.39, 0.29) is 11.7 Å². The van der Waals surface area contributed by atoms with Crippen LogP contribution in [0.1, 0.15) is 24.9 Å². The zero-order chi connectivity index (χ0) is 13.8. The Morgan fingerprint density at radius 1 is 1.42 bits per heavy atom. The van der Waals surface area contributed by atoms with Crippen molar-refractivity contribution in [3.63, 3.8) is 0 Å². The van der Waals surface area contributed by atoms with Gasteiger partial charge < -0.3 is 5.32 Å². The van der Waals surface area contributed by atoms with Gasteiger partial charge in [0, 0.05) is 7.05 Å². The quantitative estimate of drug-likeness (QED) is 0.662. The van der Waals surface area contributed by atoms with Crippen molar-refractivity contribution < 1.29 is 4.92 Å². The summed E-state index contributed by atoms with van der Waals surface area (Å²) in [6.45, 7) is 2.03. The standard InChI is InChI=1S/C13H16N4O2/c1-3-11(10-7-5-4-6-8-10)14-13-12(17(18)19)9-16(2)15-13/h4-9,11H,3H2,1-2H3,(H,14,15). The third kappa shape index (κ3) is 2.90. The minimum atomic E-state index is -0.424. The average Bonchev–Trinajstić information content (AvgIpc) is 2.78. The molecule has 0 aliphatic rings. The first-order valence-corrected chi connectivity index (χ1v) is 6.11. The molecule has 0 saturated carbocycles. The number of hydrogen-bond acceptors (Lipinski definition) is 4.